The maximum Gasteiger partial charge on any atom is 0.243 e. The number of amides is 1. The van der Waals surface area contributed by atoms with Crippen molar-refractivity contribution < 1.29 is 9.53 Å². The summed E-state index contributed by atoms with van der Waals surface area (Å²) in [6, 6.07) is 16.6. The molecular weight excluding hydrogens is 374 g/mol. The number of carbonyl (C=O) groups excluding carboxylic acids is 1. The van der Waals surface area contributed by atoms with Crippen LogP contribution in [0.1, 0.15) is 37.6 Å². The fourth-order valence-corrected chi connectivity index (χ4v) is 3.51. The number of aromatic nitrogens is 2. The average molecular weight is 406 g/mol. The molecule has 0 fully saturated rings. The summed E-state index contributed by atoms with van der Waals surface area (Å²) in [5.74, 6) is 1.89. The third kappa shape index (κ3) is 5.96. The van der Waals surface area contributed by atoms with Crippen LogP contribution < -0.4 is 10.1 Å². The molecule has 3 rings (SSSR count). The molecular formula is C25H31N3O2. The Labute approximate surface area is 178 Å². The number of hydrogen-bond acceptors (Lipinski definition) is 3. The number of fused-ring (bicyclic) bond motifs is 1. The van der Waals surface area contributed by atoms with E-state index in [1.54, 1.807) is 0 Å². The van der Waals surface area contributed by atoms with Crippen LogP contribution in [0.5, 0.6) is 5.75 Å². The van der Waals surface area contributed by atoms with Crippen LogP contribution in [0.2, 0.25) is 0 Å². The second-order valence-electron chi connectivity index (χ2n) is 7.32. The van der Waals surface area contributed by atoms with E-state index in [-0.39, 0.29) is 5.91 Å². The van der Waals surface area contributed by atoms with Gasteiger partial charge in [0.2, 0.25) is 5.91 Å². The van der Waals surface area contributed by atoms with Crippen molar-refractivity contribution in [3.8, 4) is 5.75 Å². The van der Waals surface area contributed by atoms with Gasteiger partial charge in [0.1, 0.15) is 18.2 Å². The lowest BCUT2D eigenvalue weighted by molar-refractivity contribution is -0.116. The molecule has 1 aromatic heterocycles. The highest BCUT2D eigenvalue weighted by atomic mass is 16.5. The zero-order valence-electron chi connectivity index (χ0n) is 17.8. The van der Waals surface area contributed by atoms with E-state index < -0.39 is 0 Å². The maximum atomic E-state index is 11.2. The van der Waals surface area contributed by atoms with E-state index in [4.69, 9.17) is 9.72 Å². The third-order valence-electron chi connectivity index (χ3n) is 5.21. The number of benzene rings is 2. The van der Waals surface area contributed by atoms with Gasteiger partial charge in [-0.15, -0.1) is 0 Å². The van der Waals surface area contributed by atoms with Crippen LogP contribution in [-0.4, -0.2) is 28.6 Å². The molecule has 30 heavy (non-hydrogen) atoms. The number of rotatable bonds is 12. The van der Waals surface area contributed by atoms with E-state index in [1.807, 2.05) is 18.2 Å². The van der Waals surface area contributed by atoms with Crippen molar-refractivity contribution in [1.82, 2.24) is 14.9 Å². The minimum Gasteiger partial charge on any atom is -0.492 e. The van der Waals surface area contributed by atoms with Crippen LogP contribution in [0, 0.1) is 0 Å². The second kappa shape index (κ2) is 11.2. The first-order chi connectivity index (χ1) is 14.7. The van der Waals surface area contributed by atoms with Gasteiger partial charge in [-0.3, -0.25) is 4.79 Å². The lowest BCUT2D eigenvalue weighted by atomic mass is 10.2. The third-order valence-corrected chi connectivity index (χ3v) is 5.21. The molecule has 5 heteroatoms. The lowest BCUT2D eigenvalue weighted by Gasteiger charge is -2.11. The molecule has 0 saturated heterocycles. The van der Waals surface area contributed by atoms with Crippen LogP contribution in [-0.2, 0) is 24.2 Å². The summed E-state index contributed by atoms with van der Waals surface area (Å²) in [6.45, 7) is 7.67. The first-order valence-electron chi connectivity index (χ1n) is 10.8. The van der Waals surface area contributed by atoms with E-state index in [0.717, 1.165) is 61.3 Å². The van der Waals surface area contributed by atoms with Crippen molar-refractivity contribution in [2.24, 2.45) is 0 Å². The van der Waals surface area contributed by atoms with Gasteiger partial charge in [0.25, 0.3) is 0 Å². The minimum atomic E-state index is -0.110. The van der Waals surface area contributed by atoms with Gasteiger partial charge < -0.3 is 14.6 Å². The van der Waals surface area contributed by atoms with Crippen LogP contribution in [0.4, 0.5) is 0 Å². The van der Waals surface area contributed by atoms with Gasteiger partial charge in [-0.1, -0.05) is 44.2 Å². The quantitative estimate of drug-likeness (QED) is 0.351. The standard InChI is InChI=1S/C25H31N3O2/c1-3-20-13-15-21(16-14-20)30-19-18-28-23-11-8-7-10-22(23)27-24(28)12-6-5-9-17-26-25(29)4-2/h4,7-8,10-11,13-16H,2-3,5-6,9,12,17-19H2,1H3,(H,26,29). The number of para-hydroxylation sites is 2. The summed E-state index contributed by atoms with van der Waals surface area (Å²) < 4.78 is 8.25. The maximum absolute atomic E-state index is 11.2. The zero-order chi connectivity index (χ0) is 21.2. The van der Waals surface area contributed by atoms with E-state index in [0.29, 0.717) is 13.2 Å². The Morgan fingerprint density at radius 3 is 2.70 bits per heavy atom. The van der Waals surface area contributed by atoms with Gasteiger partial charge in [0.15, 0.2) is 0 Å². The highest BCUT2D eigenvalue weighted by molar-refractivity contribution is 5.86. The molecule has 1 amide bonds. The molecule has 0 spiro atoms. The minimum absolute atomic E-state index is 0.110. The Kier molecular flexibility index (Phi) is 8.07. The van der Waals surface area contributed by atoms with Crippen molar-refractivity contribution in [2.45, 2.75) is 45.6 Å². The SMILES string of the molecule is C=CC(=O)NCCCCCc1nc2ccccc2n1CCOc1ccc(CC)cc1. The van der Waals surface area contributed by atoms with Gasteiger partial charge in [0, 0.05) is 13.0 Å². The molecule has 0 saturated carbocycles. The highest BCUT2D eigenvalue weighted by Crippen LogP contribution is 2.19. The fraction of sp³-hybridized carbons (Fsp3) is 0.360. The van der Waals surface area contributed by atoms with Crippen molar-refractivity contribution in [3.05, 3.63) is 72.6 Å². The molecule has 0 aliphatic carbocycles. The van der Waals surface area contributed by atoms with Crippen LogP contribution in [0.15, 0.2) is 61.2 Å². The summed E-state index contributed by atoms with van der Waals surface area (Å²) >= 11 is 0. The molecule has 0 radical (unpaired) electrons. The normalized spacial score (nSPS) is 10.8. The number of nitrogens with one attached hydrogen (secondary N) is 1. The second-order valence-corrected chi connectivity index (χ2v) is 7.32. The number of imidazole rings is 1. The number of hydrogen-bond donors (Lipinski definition) is 1. The number of ether oxygens (including phenoxy) is 1. The summed E-state index contributed by atoms with van der Waals surface area (Å²) in [5.41, 5.74) is 3.49. The Hall–Kier alpha value is -3.08. The van der Waals surface area contributed by atoms with Crippen LogP contribution >= 0.6 is 0 Å². The predicted molar refractivity (Wildman–Crippen MR) is 122 cm³/mol. The van der Waals surface area contributed by atoms with E-state index in [1.165, 1.54) is 11.6 Å². The average Bonchev–Trinajstić information content (AvgIpc) is 3.13. The topological polar surface area (TPSA) is 56.2 Å². The van der Waals surface area contributed by atoms with E-state index in [2.05, 4.69) is 53.7 Å². The van der Waals surface area contributed by atoms with Crippen molar-refractivity contribution >= 4 is 16.9 Å². The van der Waals surface area contributed by atoms with E-state index >= 15 is 0 Å². The molecule has 1 heterocycles. The van der Waals surface area contributed by atoms with Gasteiger partial charge in [0.05, 0.1) is 17.6 Å². The number of unbranched alkanes of at least 4 members (excludes halogenated alkanes) is 2. The molecule has 158 valence electrons. The summed E-state index contributed by atoms with van der Waals surface area (Å²) in [5, 5.41) is 2.82. The van der Waals surface area contributed by atoms with Gasteiger partial charge >= 0.3 is 0 Å². The molecule has 1 N–H and O–H groups in total. The molecule has 0 bridgehead atoms. The Morgan fingerprint density at radius 2 is 1.93 bits per heavy atom. The summed E-state index contributed by atoms with van der Waals surface area (Å²) in [4.78, 5) is 16.0. The first-order valence-corrected chi connectivity index (χ1v) is 10.8. The Morgan fingerprint density at radius 1 is 1.13 bits per heavy atom. The highest BCUT2D eigenvalue weighted by Gasteiger charge is 2.10. The van der Waals surface area contributed by atoms with Crippen LogP contribution in [0.25, 0.3) is 11.0 Å². The van der Waals surface area contributed by atoms with Crippen molar-refractivity contribution in [3.63, 3.8) is 0 Å². The summed E-state index contributed by atoms with van der Waals surface area (Å²) in [7, 11) is 0. The molecule has 0 aliphatic rings. The Balaban J connectivity index is 1.55. The molecule has 0 atom stereocenters. The molecule has 2 aromatic carbocycles. The van der Waals surface area contributed by atoms with Gasteiger partial charge in [-0.05, 0) is 55.2 Å². The first kappa shape index (κ1) is 21.6. The van der Waals surface area contributed by atoms with Crippen molar-refractivity contribution in [2.75, 3.05) is 13.2 Å². The molecule has 3 aromatic rings. The smallest absolute Gasteiger partial charge is 0.243 e. The monoisotopic (exact) mass is 405 g/mol. The number of carbonyl (C=O) groups is 1. The van der Waals surface area contributed by atoms with Gasteiger partial charge in [-0.25, -0.2) is 4.98 Å². The summed E-state index contributed by atoms with van der Waals surface area (Å²) in [6.07, 6.45) is 6.29. The van der Waals surface area contributed by atoms with Crippen molar-refractivity contribution in [1.29, 1.82) is 0 Å². The van der Waals surface area contributed by atoms with E-state index in [9.17, 15) is 4.79 Å². The number of aryl methyl sites for hydroxylation is 2. The fourth-order valence-electron chi connectivity index (χ4n) is 3.51. The predicted octanol–water partition coefficient (Wildman–Crippen LogP) is 4.69. The lowest BCUT2D eigenvalue weighted by Crippen LogP contribution is -2.21. The zero-order valence-corrected chi connectivity index (χ0v) is 17.8. The molecule has 5 nitrogen and oxygen atoms in total. The number of nitrogens with zero attached hydrogens (tertiary/aromatic N) is 2. The Bertz CT molecular complexity index is 960. The molecule has 0 aliphatic heterocycles. The van der Waals surface area contributed by atoms with Gasteiger partial charge in [-0.2, -0.15) is 0 Å². The largest absolute Gasteiger partial charge is 0.492 e. The van der Waals surface area contributed by atoms with Crippen LogP contribution in [0.3, 0.4) is 0 Å². The molecule has 0 unspecified atom stereocenters.